The minimum absolute atomic E-state index is 0.317. The van der Waals surface area contributed by atoms with E-state index in [9.17, 15) is 9.59 Å². The van der Waals surface area contributed by atoms with Crippen LogP contribution in [-0.4, -0.2) is 36.1 Å². The number of carbonyl (C=O) groups is 2. The van der Waals surface area contributed by atoms with Crippen LogP contribution >= 0.6 is 0 Å². The van der Waals surface area contributed by atoms with Crippen LogP contribution in [0.2, 0.25) is 0 Å². The first-order valence-electron chi connectivity index (χ1n) is 8.15. The zero-order valence-electron chi connectivity index (χ0n) is 14.3. The van der Waals surface area contributed by atoms with E-state index in [4.69, 9.17) is 0 Å². The summed E-state index contributed by atoms with van der Waals surface area (Å²) < 4.78 is 4.49. The first-order valence-corrected chi connectivity index (χ1v) is 8.15. The maximum absolute atomic E-state index is 12.2. The molecule has 5 heteroatoms. The normalized spacial score (nSPS) is 15.6. The number of imide groups is 1. The molecule has 2 rings (SSSR count). The minimum Gasteiger partial charge on any atom is -0.453 e. The number of benzene rings is 1. The van der Waals surface area contributed by atoms with Crippen LogP contribution in [0.15, 0.2) is 24.3 Å². The van der Waals surface area contributed by atoms with Crippen molar-refractivity contribution in [3.8, 4) is 0 Å². The largest absolute Gasteiger partial charge is 0.453 e. The van der Waals surface area contributed by atoms with Crippen LogP contribution in [0.3, 0.4) is 0 Å². The Labute approximate surface area is 138 Å². The number of hydrogen-bond donors (Lipinski definition) is 1. The highest BCUT2D eigenvalue weighted by Crippen LogP contribution is 2.30. The van der Waals surface area contributed by atoms with Crippen LogP contribution in [0.5, 0.6) is 0 Å². The van der Waals surface area contributed by atoms with E-state index in [1.54, 1.807) is 0 Å². The van der Waals surface area contributed by atoms with Crippen LogP contribution in [0.4, 0.5) is 4.79 Å². The van der Waals surface area contributed by atoms with Gasteiger partial charge in [-0.15, -0.1) is 0 Å². The third kappa shape index (κ3) is 4.79. The highest BCUT2D eigenvalue weighted by molar-refractivity contribution is 5.94. The van der Waals surface area contributed by atoms with Crippen molar-refractivity contribution in [3.05, 3.63) is 35.4 Å². The molecule has 1 N–H and O–H groups in total. The van der Waals surface area contributed by atoms with Crippen molar-refractivity contribution in [3.63, 3.8) is 0 Å². The lowest BCUT2D eigenvalue weighted by atomic mass is 10.0. The molecule has 0 unspecified atom stereocenters. The van der Waals surface area contributed by atoms with Gasteiger partial charge in [0.1, 0.15) is 0 Å². The molecule has 0 saturated heterocycles. The van der Waals surface area contributed by atoms with Crippen LogP contribution in [0.1, 0.15) is 50.7 Å². The summed E-state index contributed by atoms with van der Waals surface area (Å²) in [5.41, 5.74) is 2.49. The van der Waals surface area contributed by atoms with Crippen LogP contribution in [0.25, 0.3) is 0 Å². The van der Waals surface area contributed by atoms with E-state index in [0.717, 1.165) is 12.8 Å². The number of nitrogens with zero attached hydrogens (tertiary/aromatic N) is 1. The number of rotatable bonds is 6. The SMILES string of the molecule is COC(=O)NC(=O)[C@@H](C)N(Cc1ccc(C(C)C)cc1)C1CC1. The van der Waals surface area contributed by atoms with E-state index in [1.165, 1.54) is 18.2 Å². The lowest BCUT2D eigenvalue weighted by Crippen LogP contribution is -2.47. The Bertz CT molecular complexity index is 550. The molecule has 1 aromatic carbocycles. The highest BCUT2D eigenvalue weighted by Gasteiger charge is 2.35. The van der Waals surface area contributed by atoms with Gasteiger partial charge in [-0.25, -0.2) is 4.79 Å². The molecule has 0 heterocycles. The monoisotopic (exact) mass is 318 g/mol. The Balaban J connectivity index is 2.03. The van der Waals surface area contributed by atoms with Gasteiger partial charge in [0.05, 0.1) is 13.2 Å². The summed E-state index contributed by atoms with van der Waals surface area (Å²) >= 11 is 0. The zero-order chi connectivity index (χ0) is 17.0. The van der Waals surface area contributed by atoms with Gasteiger partial charge < -0.3 is 4.74 Å². The van der Waals surface area contributed by atoms with Gasteiger partial charge in [0.15, 0.2) is 0 Å². The second-order valence-electron chi connectivity index (χ2n) is 6.46. The van der Waals surface area contributed by atoms with Gasteiger partial charge >= 0.3 is 6.09 Å². The summed E-state index contributed by atoms with van der Waals surface area (Å²) in [6.07, 6.45) is 1.48. The third-order valence-corrected chi connectivity index (χ3v) is 4.31. The topological polar surface area (TPSA) is 58.6 Å². The van der Waals surface area contributed by atoms with Crippen molar-refractivity contribution in [2.24, 2.45) is 0 Å². The van der Waals surface area contributed by atoms with Gasteiger partial charge in [-0.1, -0.05) is 38.1 Å². The minimum atomic E-state index is -0.709. The van der Waals surface area contributed by atoms with Crippen molar-refractivity contribution < 1.29 is 14.3 Å². The molecule has 1 aromatic rings. The molecule has 0 spiro atoms. The van der Waals surface area contributed by atoms with Gasteiger partial charge in [-0.05, 0) is 36.8 Å². The molecule has 0 aromatic heterocycles. The number of amides is 2. The smallest absolute Gasteiger partial charge is 0.413 e. The molecule has 126 valence electrons. The van der Waals surface area contributed by atoms with Crippen LogP contribution in [-0.2, 0) is 16.1 Å². The average Bonchev–Trinajstić information content (AvgIpc) is 3.36. The molecule has 1 aliphatic carbocycles. The van der Waals surface area contributed by atoms with E-state index < -0.39 is 6.09 Å². The van der Waals surface area contributed by atoms with Crippen molar-refractivity contribution >= 4 is 12.0 Å². The van der Waals surface area contributed by atoms with Crippen molar-refractivity contribution in [2.45, 2.75) is 58.2 Å². The molecule has 0 radical (unpaired) electrons. The summed E-state index contributed by atoms with van der Waals surface area (Å²) in [5, 5.41) is 2.26. The molecule has 2 amide bonds. The Kier molecular flexibility index (Phi) is 5.77. The van der Waals surface area contributed by atoms with Gasteiger partial charge in [-0.3, -0.25) is 15.0 Å². The Morgan fingerprint density at radius 2 is 1.83 bits per heavy atom. The third-order valence-electron chi connectivity index (χ3n) is 4.31. The Morgan fingerprint density at radius 1 is 1.22 bits per heavy atom. The van der Waals surface area contributed by atoms with Gasteiger partial charge in [-0.2, -0.15) is 0 Å². The molecule has 1 aliphatic rings. The van der Waals surface area contributed by atoms with Crippen molar-refractivity contribution in [1.82, 2.24) is 10.2 Å². The summed E-state index contributed by atoms with van der Waals surface area (Å²) in [4.78, 5) is 25.5. The summed E-state index contributed by atoms with van der Waals surface area (Å²) in [6, 6.07) is 8.57. The van der Waals surface area contributed by atoms with Crippen LogP contribution < -0.4 is 5.32 Å². The number of methoxy groups -OCH3 is 1. The number of ether oxygens (including phenoxy) is 1. The molecule has 5 nitrogen and oxygen atoms in total. The predicted molar refractivity (Wildman–Crippen MR) is 89.1 cm³/mol. The fourth-order valence-electron chi connectivity index (χ4n) is 2.61. The van der Waals surface area contributed by atoms with Gasteiger partial charge in [0.2, 0.25) is 5.91 Å². The lowest BCUT2D eigenvalue weighted by molar-refractivity contribution is -0.125. The first-order chi connectivity index (χ1) is 10.9. The van der Waals surface area contributed by atoms with Crippen molar-refractivity contribution in [1.29, 1.82) is 0 Å². The standard InChI is InChI=1S/C18H26N2O3/c1-12(2)15-7-5-14(6-8-15)11-20(16-9-10-16)13(3)17(21)19-18(22)23-4/h5-8,12-13,16H,9-11H2,1-4H3,(H,19,21,22)/t13-/m1/s1. The predicted octanol–water partition coefficient (Wildman–Crippen LogP) is 3.05. The first kappa shape index (κ1) is 17.5. The molecule has 1 atom stereocenters. The molecule has 1 saturated carbocycles. The molecule has 0 bridgehead atoms. The average molecular weight is 318 g/mol. The van der Waals surface area contributed by atoms with Crippen LogP contribution in [0, 0.1) is 0 Å². The van der Waals surface area contributed by atoms with Gasteiger partial charge in [0.25, 0.3) is 0 Å². The summed E-state index contributed by atoms with van der Waals surface area (Å²) in [6.45, 7) is 6.88. The molecule has 0 aliphatic heterocycles. The molecule has 1 fully saturated rings. The molecular formula is C18H26N2O3. The Hall–Kier alpha value is -1.88. The van der Waals surface area contributed by atoms with E-state index in [0.29, 0.717) is 18.5 Å². The van der Waals surface area contributed by atoms with E-state index in [2.05, 4.69) is 53.1 Å². The number of nitrogens with one attached hydrogen (secondary N) is 1. The second-order valence-corrected chi connectivity index (χ2v) is 6.46. The number of hydrogen-bond acceptors (Lipinski definition) is 4. The number of carbonyl (C=O) groups excluding carboxylic acids is 2. The maximum Gasteiger partial charge on any atom is 0.413 e. The Morgan fingerprint density at radius 3 is 2.30 bits per heavy atom. The van der Waals surface area contributed by atoms with Gasteiger partial charge in [0, 0.05) is 12.6 Å². The lowest BCUT2D eigenvalue weighted by Gasteiger charge is -2.28. The fraction of sp³-hybridized carbons (Fsp3) is 0.556. The zero-order valence-corrected chi connectivity index (χ0v) is 14.3. The van der Waals surface area contributed by atoms with E-state index in [-0.39, 0.29) is 11.9 Å². The molecular weight excluding hydrogens is 292 g/mol. The quantitative estimate of drug-likeness (QED) is 0.876. The van der Waals surface area contributed by atoms with Crippen molar-refractivity contribution in [2.75, 3.05) is 7.11 Å². The summed E-state index contributed by atoms with van der Waals surface area (Å²) in [5.74, 6) is 0.191. The van der Waals surface area contributed by atoms with E-state index >= 15 is 0 Å². The summed E-state index contributed by atoms with van der Waals surface area (Å²) in [7, 11) is 1.25. The highest BCUT2D eigenvalue weighted by atomic mass is 16.5. The van der Waals surface area contributed by atoms with E-state index in [1.807, 2.05) is 6.92 Å². The second kappa shape index (κ2) is 7.59. The number of alkyl carbamates (subject to hydrolysis) is 1. The maximum atomic E-state index is 12.2. The molecule has 23 heavy (non-hydrogen) atoms. The fourth-order valence-corrected chi connectivity index (χ4v) is 2.61.